The predicted molar refractivity (Wildman–Crippen MR) is 158 cm³/mol. The standard InChI is InChI=1S/C24H24ClF3N2O.C7H11NO2.CH2O2/c25-18-11-6-10-17(23(13-14-23)24(26,27)28)20(18)22(31)30-19-12-5-4-9-16(19)21(29-30)15-7-2-1-3-8-15;9-6-8-2-1-7(3-8)4-10-5-7;2-1-3/h6-7,10-11H,1-5,8-9,12-14H2;6H,1-5H2;1H,(H,2,3). The zero-order valence-corrected chi connectivity index (χ0v) is 25.3. The van der Waals surface area contributed by atoms with Crippen LogP contribution < -0.4 is 0 Å². The average Bonchev–Trinajstić information content (AvgIpc) is 3.56. The van der Waals surface area contributed by atoms with Crippen molar-refractivity contribution in [3.05, 3.63) is 57.4 Å². The van der Waals surface area contributed by atoms with Gasteiger partial charge in [-0.15, -0.1) is 0 Å². The number of hydrogen-bond acceptors (Lipinski definition) is 5. The van der Waals surface area contributed by atoms with E-state index in [2.05, 4.69) is 6.08 Å². The Morgan fingerprint density at radius 2 is 1.75 bits per heavy atom. The van der Waals surface area contributed by atoms with Gasteiger partial charge in [-0.1, -0.05) is 29.8 Å². The van der Waals surface area contributed by atoms with Gasteiger partial charge in [0.2, 0.25) is 6.41 Å². The minimum Gasteiger partial charge on any atom is -0.483 e. The fourth-order valence-corrected chi connectivity index (χ4v) is 7.10. The summed E-state index contributed by atoms with van der Waals surface area (Å²) < 4.78 is 48.2. The molecule has 2 aliphatic heterocycles. The molecule has 1 spiro atoms. The third-order valence-corrected chi connectivity index (χ3v) is 9.75. The van der Waals surface area contributed by atoms with Gasteiger partial charge in [0.15, 0.2) is 0 Å². The maximum Gasteiger partial charge on any atom is 0.398 e. The van der Waals surface area contributed by atoms with Gasteiger partial charge < -0.3 is 14.7 Å². The fraction of sp³-hybridized carbons (Fsp3) is 0.562. The maximum atomic E-state index is 13.9. The van der Waals surface area contributed by atoms with E-state index < -0.39 is 17.5 Å². The van der Waals surface area contributed by atoms with Gasteiger partial charge >= 0.3 is 6.18 Å². The number of ether oxygens (including phenoxy) is 1. The zero-order valence-electron chi connectivity index (χ0n) is 24.5. The molecule has 8 nitrogen and oxygen atoms in total. The number of nitrogens with zero attached hydrogens (tertiary/aromatic N) is 3. The van der Waals surface area contributed by atoms with E-state index in [1.165, 1.54) is 22.9 Å². The highest BCUT2D eigenvalue weighted by atomic mass is 35.5. The number of carbonyl (C=O) groups excluding carboxylic acids is 2. The number of rotatable bonds is 4. The molecular weight excluding hydrogens is 599 g/mol. The highest BCUT2D eigenvalue weighted by Crippen LogP contribution is 2.60. The largest absolute Gasteiger partial charge is 0.483 e. The Morgan fingerprint density at radius 3 is 2.30 bits per heavy atom. The van der Waals surface area contributed by atoms with E-state index in [1.807, 2.05) is 4.90 Å². The summed E-state index contributed by atoms with van der Waals surface area (Å²) in [5, 5.41) is 11.6. The Balaban J connectivity index is 0.000000245. The molecule has 12 heteroatoms. The number of carboxylic acid groups (broad SMARTS) is 1. The van der Waals surface area contributed by atoms with Gasteiger partial charge in [0.25, 0.3) is 12.4 Å². The summed E-state index contributed by atoms with van der Waals surface area (Å²) in [4.78, 5) is 34.2. The molecule has 1 saturated carbocycles. The highest BCUT2D eigenvalue weighted by molar-refractivity contribution is 6.34. The second kappa shape index (κ2) is 13.0. The van der Waals surface area contributed by atoms with E-state index in [1.54, 1.807) is 0 Å². The molecule has 2 aromatic rings. The first-order valence-corrected chi connectivity index (χ1v) is 15.5. The number of fused-ring (bicyclic) bond motifs is 1. The molecule has 1 aromatic heterocycles. The number of aromatic nitrogens is 2. The van der Waals surface area contributed by atoms with Crippen LogP contribution in [0.5, 0.6) is 0 Å². The van der Waals surface area contributed by atoms with Crippen LogP contribution in [0.3, 0.4) is 0 Å². The third kappa shape index (κ3) is 6.18. The van der Waals surface area contributed by atoms with Crippen molar-refractivity contribution in [1.29, 1.82) is 0 Å². The van der Waals surface area contributed by atoms with Crippen molar-refractivity contribution in [3.8, 4) is 0 Å². The second-order valence-electron chi connectivity index (χ2n) is 12.3. The lowest BCUT2D eigenvalue weighted by Gasteiger charge is -2.37. The Kier molecular flexibility index (Phi) is 9.55. The van der Waals surface area contributed by atoms with E-state index in [0.717, 1.165) is 107 Å². The summed E-state index contributed by atoms with van der Waals surface area (Å²) in [6, 6.07) is 4.39. The normalized spacial score (nSPS) is 21.0. The SMILES string of the molecule is O=C(c1c(Cl)cccc1C1(C(F)(F)F)CC1)n1nc(C2=CCCCC2)c2c1CCCC2.O=CN1CCC2(COC2)C1.O=CO. The zero-order chi connectivity index (χ0) is 31.5. The Labute approximate surface area is 259 Å². The van der Waals surface area contributed by atoms with Gasteiger partial charge in [-0.25, -0.2) is 0 Å². The van der Waals surface area contributed by atoms with Crippen molar-refractivity contribution < 1.29 is 37.4 Å². The molecule has 1 aromatic carbocycles. The summed E-state index contributed by atoms with van der Waals surface area (Å²) in [5.74, 6) is -0.545. The number of likely N-dealkylation sites (tertiary alicyclic amines) is 1. The van der Waals surface area contributed by atoms with Crippen LogP contribution in [-0.4, -0.2) is 71.1 Å². The first kappa shape index (κ1) is 32.2. The second-order valence-corrected chi connectivity index (χ2v) is 12.7. The first-order valence-electron chi connectivity index (χ1n) is 15.2. The minimum atomic E-state index is -4.42. The summed E-state index contributed by atoms with van der Waals surface area (Å²) >= 11 is 6.36. The van der Waals surface area contributed by atoms with Crippen molar-refractivity contribution in [2.45, 2.75) is 82.2 Å². The molecule has 0 radical (unpaired) electrons. The summed E-state index contributed by atoms with van der Waals surface area (Å²) in [7, 11) is 0. The monoisotopic (exact) mass is 635 g/mol. The van der Waals surface area contributed by atoms with Crippen molar-refractivity contribution >= 4 is 36.0 Å². The third-order valence-electron chi connectivity index (χ3n) is 9.44. The Hall–Kier alpha value is -3.18. The van der Waals surface area contributed by atoms with Crippen molar-refractivity contribution in [2.24, 2.45) is 5.41 Å². The summed E-state index contributed by atoms with van der Waals surface area (Å²) in [5.41, 5.74) is 2.23. The molecular formula is C32H37ClF3N3O5. The van der Waals surface area contributed by atoms with Gasteiger partial charge in [-0.3, -0.25) is 14.4 Å². The first-order chi connectivity index (χ1) is 21.1. The van der Waals surface area contributed by atoms with Crippen LogP contribution in [0, 0.1) is 5.41 Å². The van der Waals surface area contributed by atoms with Crippen molar-refractivity contribution in [2.75, 3.05) is 26.3 Å². The van der Waals surface area contributed by atoms with Crippen LogP contribution in [0.4, 0.5) is 13.2 Å². The molecule has 1 N–H and O–H groups in total. The van der Waals surface area contributed by atoms with Crippen LogP contribution in [-0.2, 0) is 32.6 Å². The topological polar surface area (TPSA) is 102 Å². The number of alkyl halides is 3. The fourth-order valence-electron chi connectivity index (χ4n) is 6.84. The molecule has 3 heterocycles. The smallest absolute Gasteiger partial charge is 0.398 e. The lowest BCUT2D eigenvalue weighted by Crippen LogP contribution is -2.44. The molecule has 238 valence electrons. The van der Waals surface area contributed by atoms with Gasteiger partial charge in [0.05, 0.1) is 40.6 Å². The average molecular weight is 636 g/mol. The van der Waals surface area contributed by atoms with Gasteiger partial charge in [-0.05, 0) is 87.8 Å². The summed E-state index contributed by atoms with van der Waals surface area (Å²) in [6.45, 7) is 3.30. The molecule has 3 aliphatic carbocycles. The molecule has 1 amide bonds. The number of amides is 1. The van der Waals surface area contributed by atoms with Crippen LogP contribution in [0.1, 0.15) is 90.7 Å². The van der Waals surface area contributed by atoms with Crippen LogP contribution in [0.25, 0.3) is 5.57 Å². The maximum absolute atomic E-state index is 13.9. The van der Waals surface area contributed by atoms with Crippen LogP contribution >= 0.6 is 11.6 Å². The van der Waals surface area contributed by atoms with Crippen molar-refractivity contribution in [3.63, 3.8) is 0 Å². The minimum absolute atomic E-state index is 0.0176. The predicted octanol–water partition coefficient (Wildman–Crippen LogP) is 6.22. The van der Waals surface area contributed by atoms with E-state index in [4.69, 9.17) is 31.3 Å². The van der Waals surface area contributed by atoms with E-state index >= 15 is 0 Å². The molecule has 0 unspecified atom stereocenters. The van der Waals surface area contributed by atoms with E-state index in [-0.39, 0.29) is 35.5 Å². The van der Waals surface area contributed by atoms with Crippen LogP contribution in [0.2, 0.25) is 5.02 Å². The van der Waals surface area contributed by atoms with Gasteiger partial charge in [0, 0.05) is 24.1 Å². The molecule has 5 aliphatic rings. The Morgan fingerprint density at radius 1 is 1.05 bits per heavy atom. The Bertz CT molecular complexity index is 1430. The van der Waals surface area contributed by atoms with Crippen LogP contribution in [0.15, 0.2) is 24.3 Å². The lowest BCUT2D eigenvalue weighted by molar-refractivity contribution is -0.160. The number of benzene rings is 1. The quantitative estimate of drug-likeness (QED) is 0.400. The molecule has 0 bridgehead atoms. The number of carbonyl (C=O) groups is 3. The number of halogens is 4. The molecule has 7 rings (SSSR count). The molecule has 3 fully saturated rings. The van der Waals surface area contributed by atoms with Gasteiger partial charge in [0.1, 0.15) is 0 Å². The van der Waals surface area contributed by atoms with E-state index in [9.17, 15) is 22.8 Å². The lowest BCUT2D eigenvalue weighted by atomic mass is 9.85. The van der Waals surface area contributed by atoms with Gasteiger partial charge in [-0.2, -0.15) is 23.0 Å². The molecule has 0 atom stereocenters. The number of allylic oxidation sites excluding steroid dienone is 2. The molecule has 44 heavy (non-hydrogen) atoms. The molecule has 2 saturated heterocycles. The highest BCUT2D eigenvalue weighted by Gasteiger charge is 2.65. The van der Waals surface area contributed by atoms with Crippen molar-refractivity contribution in [1.82, 2.24) is 14.7 Å². The number of hydrogen-bond donors (Lipinski definition) is 1. The summed E-state index contributed by atoms with van der Waals surface area (Å²) in [6.07, 6.45) is 7.46. The van der Waals surface area contributed by atoms with E-state index in [0.29, 0.717) is 11.8 Å².